The van der Waals surface area contributed by atoms with Crippen molar-refractivity contribution in [3.63, 3.8) is 0 Å². The van der Waals surface area contributed by atoms with Crippen LogP contribution in [0, 0.1) is 0 Å². The van der Waals surface area contributed by atoms with Crippen molar-refractivity contribution in [2.75, 3.05) is 33.4 Å². The zero-order valence-electron chi connectivity index (χ0n) is 14.1. The number of hydrogen-bond acceptors (Lipinski definition) is 4. The number of unbranched alkanes of at least 4 members (excludes halogenated alkanes) is 8. The van der Waals surface area contributed by atoms with Gasteiger partial charge in [0.1, 0.15) is 6.61 Å². The Kier molecular flexibility index (Phi) is 16.9. The molecule has 0 spiro atoms. The summed E-state index contributed by atoms with van der Waals surface area (Å²) >= 11 is 0. The molecular weight excluding hydrogens is 266 g/mol. The Bertz CT molecular complexity index is 222. The van der Waals surface area contributed by atoms with E-state index in [0.29, 0.717) is 26.2 Å². The van der Waals surface area contributed by atoms with E-state index in [-0.39, 0.29) is 5.97 Å². The van der Waals surface area contributed by atoms with Crippen LogP contribution >= 0.6 is 0 Å². The van der Waals surface area contributed by atoms with Crippen LogP contribution in [-0.2, 0) is 14.3 Å². The highest BCUT2D eigenvalue weighted by atomic mass is 16.6. The maximum absolute atomic E-state index is 11.4. The molecule has 0 aromatic heterocycles. The highest BCUT2D eigenvalue weighted by Crippen LogP contribution is 2.10. The first-order valence-corrected chi connectivity index (χ1v) is 8.69. The molecule has 126 valence electrons. The molecule has 0 bridgehead atoms. The van der Waals surface area contributed by atoms with Gasteiger partial charge in [0.2, 0.25) is 0 Å². The lowest BCUT2D eigenvalue weighted by Gasteiger charge is -2.06. The fraction of sp³-hybridized carbons (Fsp3) is 0.941. The van der Waals surface area contributed by atoms with Crippen LogP contribution in [0.5, 0.6) is 0 Å². The van der Waals surface area contributed by atoms with Crippen LogP contribution < -0.4 is 5.32 Å². The predicted octanol–water partition coefficient (Wildman–Crippen LogP) is 3.69. The average Bonchev–Trinajstić information content (AvgIpc) is 2.49. The molecule has 0 fully saturated rings. The second-order valence-corrected chi connectivity index (χ2v) is 5.51. The van der Waals surface area contributed by atoms with Gasteiger partial charge < -0.3 is 14.8 Å². The van der Waals surface area contributed by atoms with Crippen LogP contribution in [0.1, 0.15) is 71.1 Å². The van der Waals surface area contributed by atoms with Gasteiger partial charge in [-0.1, -0.05) is 58.3 Å². The summed E-state index contributed by atoms with van der Waals surface area (Å²) in [5.74, 6) is -0.0878. The number of esters is 1. The Morgan fingerprint density at radius 3 is 2.10 bits per heavy atom. The third kappa shape index (κ3) is 17.3. The fourth-order valence-corrected chi connectivity index (χ4v) is 2.14. The van der Waals surface area contributed by atoms with Gasteiger partial charge in [-0.2, -0.15) is 0 Å². The fourth-order valence-electron chi connectivity index (χ4n) is 2.14. The summed E-state index contributed by atoms with van der Waals surface area (Å²) in [4.78, 5) is 11.4. The van der Waals surface area contributed by atoms with Gasteiger partial charge in [-0.15, -0.1) is 0 Å². The van der Waals surface area contributed by atoms with Crippen LogP contribution in [0.25, 0.3) is 0 Å². The monoisotopic (exact) mass is 301 g/mol. The largest absolute Gasteiger partial charge is 0.463 e. The van der Waals surface area contributed by atoms with Crippen LogP contribution in [0.15, 0.2) is 0 Å². The third-order valence-electron chi connectivity index (χ3n) is 3.47. The van der Waals surface area contributed by atoms with E-state index in [1.807, 2.05) is 7.05 Å². The number of likely N-dealkylation sites (N-methyl/N-ethyl adjacent to an activating group) is 1. The second-order valence-electron chi connectivity index (χ2n) is 5.51. The van der Waals surface area contributed by atoms with Crippen molar-refractivity contribution in [2.24, 2.45) is 0 Å². The van der Waals surface area contributed by atoms with Crippen molar-refractivity contribution >= 4 is 5.97 Å². The van der Waals surface area contributed by atoms with Crippen LogP contribution in [0.2, 0.25) is 0 Å². The van der Waals surface area contributed by atoms with Crippen molar-refractivity contribution in [2.45, 2.75) is 71.1 Å². The predicted molar refractivity (Wildman–Crippen MR) is 87.5 cm³/mol. The summed E-state index contributed by atoms with van der Waals surface area (Å²) in [7, 11) is 1.88. The molecule has 1 N–H and O–H groups in total. The summed E-state index contributed by atoms with van der Waals surface area (Å²) < 4.78 is 10.4. The Labute approximate surface area is 131 Å². The molecule has 0 atom stereocenters. The highest BCUT2D eigenvalue weighted by molar-refractivity contribution is 5.69. The smallest absolute Gasteiger partial charge is 0.305 e. The maximum atomic E-state index is 11.4. The SMILES string of the molecule is CCCCCCCCCCCC(=O)OCCOCCNC. The Morgan fingerprint density at radius 2 is 1.48 bits per heavy atom. The quantitative estimate of drug-likeness (QED) is 0.349. The molecule has 0 amide bonds. The lowest BCUT2D eigenvalue weighted by atomic mass is 10.1. The van der Waals surface area contributed by atoms with E-state index < -0.39 is 0 Å². The Morgan fingerprint density at radius 1 is 0.857 bits per heavy atom. The minimum atomic E-state index is -0.0878. The molecule has 0 rings (SSSR count). The van der Waals surface area contributed by atoms with Crippen molar-refractivity contribution in [1.82, 2.24) is 5.32 Å². The molecule has 4 heteroatoms. The lowest BCUT2D eigenvalue weighted by Crippen LogP contribution is -2.17. The zero-order chi connectivity index (χ0) is 15.6. The number of carbonyl (C=O) groups excluding carboxylic acids is 1. The first-order chi connectivity index (χ1) is 10.3. The molecular formula is C17H35NO3. The van der Waals surface area contributed by atoms with Crippen molar-refractivity contribution in [1.29, 1.82) is 0 Å². The Balaban J connectivity index is 3.12. The molecule has 4 nitrogen and oxygen atoms in total. The molecule has 0 radical (unpaired) electrons. The van der Waals surface area contributed by atoms with Gasteiger partial charge in [0.05, 0.1) is 13.2 Å². The standard InChI is InChI=1S/C17H35NO3/c1-3-4-5-6-7-8-9-10-11-12-17(19)21-16-15-20-14-13-18-2/h18H,3-16H2,1-2H3. The topological polar surface area (TPSA) is 47.6 Å². The van der Waals surface area contributed by atoms with E-state index in [1.54, 1.807) is 0 Å². The minimum Gasteiger partial charge on any atom is -0.463 e. The van der Waals surface area contributed by atoms with Gasteiger partial charge >= 0.3 is 5.97 Å². The molecule has 0 aliphatic carbocycles. The van der Waals surface area contributed by atoms with Gasteiger partial charge in [0, 0.05) is 13.0 Å². The van der Waals surface area contributed by atoms with Crippen molar-refractivity contribution in [3.8, 4) is 0 Å². The highest BCUT2D eigenvalue weighted by Gasteiger charge is 2.02. The zero-order valence-corrected chi connectivity index (χ0v) is 14.1. The van der Waals surface area contributed by atoms with Crippen LogP contribution in [-0.4, -0.2) is 39.4 Å². The Hall–Kier alpha value is -0.610. The van der Waals surface area contributed by atoms with Gasteiger partial charge in [-0.3, -0.25) is 4.79 Å². The first kappa shape index (κ1) is 20.4. The minimum absolute atomic E-state index is 0.0878. The van der Waals surface area contributed by atoms with E-state index in [4.69, 9.17) is 9.47 Å². The molecule has 0 aliphatic rings. The lowest BCUT2D eigenvalue weighted by molar-refractivity contribution is -0.145. The van der Waals surface area contributed by atoms with E-state index in [2.05, 4.69) is 12.2 Å². The van der Waals surface area contributed by atoms with Crippen molar-refractivity contribution < 1.29 is 14.3 Å². The number of rotatable bonds is 16. The molecule has 21 heavy (non-hydrogen) atoms. The summed E-state index contributed by atoms with van der Waals surface area (Å²) in [5, 5.41) is 2.99. The summed E-state index contributed by atoms with van der Waals surface area (Å²) in [5.41, 5.74) is 0. The summed E-state index contributed by atoms with van der Waals surface area (Å²) in [6, 6.07) is 0. The third-order valence-corrected chi connectivity index (χ3v) is 3.47. The van der Waals surface area contributed by atoms with E-state index in [0.717, 1.165) is 19.4 Å². The number of ether oxygens (including phenoxy) is 2. The number of nitrogens with one attached hydrogen (secondary N) is 1. The maximum Gasteiger partial charge on any atom is 0.305 e. The van der Waals surface area contributed by atoms with Crippen LogP contribution in [0.4, 0.5) is 0 Å². The summed E-state index contributed by atoms with van der Waals surface area (Å²) in [6.45, 7) is 4.59. The number of carbonyl (C=O) groups is 1. The van der Waals surface area contributed by atoms with Gasteiger partial charge in [0.25, 0.3) is 0 Å². The average molecular weight is 301 g/mol. The van der Waals surface area contributed by atoms with Gasteiger partial charge in [-0.25, -0.2) is 0 Å². The molecule has 0 unspecified atom stereocenters. The number of hydrogen-bond donors (Lipinski definition) is 1. The second kappa shape index (κ2) is 17.4. The van der Waals surface area contributed by atoms with E-state index in [9.17, 15) is 4.79 Å². The van der Waals surface area contributed by atoms with E-state index >= 15 is 0 Å². The molecule has 0 saturated carbocycles. The van der Waals surface area contributed by atoms with Gasteiger partial charge in [-0.05, 0) is 13.5 Å². The normalized spacial score (nSPS) is 10.8. The van der Waals surface area contributed by atoms with Crippen molar-refractivity contribution in [3.05, 3.63) is 0 Å². The van der Waals surface area contributed by atoms with Gasteiger partial charge in [0.15, 0.2) is 0 Å². The first-order valence-electron chi connectivity index (χ1n) is 8.69. The summed E-state index contributed by atoms with van der Waals surface area (Å²) in [6.07, 6.45) is 11.9. The molecule has 0 saturated heterocycles. The molecule has 0 aromatic rings. The molecule has 0 aliphatic heterocycles. The van der Waals surface area contributed by atoms with E-state index in [1.165, 1.54) is 44.9 Å². The van der Waals surface area contributed by atoms with Crippen LogP contribution in [0.3, 0.4) is 0 Å². The molecule has 0 aromatic carbocycles. The molecule has 0 heterocycles.